The summed E-state index contributed by atoms with van der Waals surface area (Å²) < 4.78 is 1.67. The fourth-order valence-corrected chi connectivity index (χ4v) is 3.85. The van der Waals surface area contributed by atoms with Crippen molar-refractivity contribution in [3.63, 3.8) is 0 Å². The predicted molar refractivity (Wildman–Crippen MR) is 113 cm³/mol. The van der Waals surface area contributed by atoms with Crippen molar-refractivity contribution in [1.29, 1.82) is 0 Å². The summed E-state index contributed by atoms with van der Waals surface area (Å²) in [5.74, 6) is -0.127. The van der Waals surface area contributed by atoms with E-state index >= 15 is 0 Å². The highest BCUT2D eigenvalue weighted by atomic mass is 16.2. The van der Waals surface area contributed by atoms with Gasteiger partial charge in [0.1, 0.15) is 11.7 Å². The second kappa shape index (κ2) is 8.10. The Morgan fingerprint density at radius 2 is 1.93 bits per heavy atom. The Hall–Kier alpha value is -3.48. The van der Waals surface area contributed by atoms with Gasteiger partial charge in [0.05, 0.1) is 18.8 Å². The van der Waals surface area contributed by atoms with E-state index in [1.165, 1.54) is 0 Å². The topological polar surface area (TPSA) is 80.1 Å². The lowest BCUT2D eigenvalue weighted by Gasteiger charge is -2.31. The zero-order chi connectivity index (χ0) is 21.3. The van der Waals surface area contributed by atoms with Gasteiger partial charge in [0.2, 0.25) is 5.91 Å². The summed E-state index contributed by atoms with van der Waals surface area (Å²) >= 11 is 0. The molecule has 7 heteroatoms. The minimum atomic E-state index is -0.422. The van der Waals surface area contributed by atoms with Gasteiger partial charge in [-0.1, -0.05) is 53.2 Å². The SMILES string of the molecule is Cc1ccc(C(=O)NCc2nnn3c2CN(Cc2ccccc2)C(=O)C3C)c(C)c1. The molecule has 0 saturated carbocycles. The Morgan fingerprint density at radius 3 is 2.67 bits per heavy atom. The molecular formula is C23H25N5O2. The van der Waals surface area contributed by atoms with Gasteiger partial charge < -0.3 is 10.2 Å². The molecule has 0 fully saturated rings. The number of fused-ring (bicyclic) bond motifs is 1. The normalized spacial score (nSPS) is 15.8. The van der Waals surface area contributed by atoms with Crippen LogP contribution in [0, 0.1) is 13.8 Å². The van der Waals surface area contributed by atoms with E-state index in [-0.39, 0.29) is 18.4 Å². The van der Waals surface area contributed by atoms with E-state index in [1.54, 1.807) is 4.68 Å². The molecule has 7 nitrogen and oxygen atoms in total. The smallest absolute Gasteiger partial charge is 0.251 e. The van der Waals surface area contributed by atoms with E-state index in [2.05, 4.69) is 15.6 Å². The first-order chi connectivity index (χ1) is 14.4. The molecular weight excluding hydrogens is 378 g/mol. The first-order valence-electron chi connectivity index (χ1n) is 10.0. The van der Waals surface area contributed by atoms with E-state index in [4.69, 9.17) is 0 Å². The van der Waals surface area contributed by atoms with Crippen molar-refractivity contribution in [2.45, 2.75) is 46.4 Å². The third kappa shape index (κ3) is 3.83. The standard InChI is InChI=1S/C23H25N5O2/c1-15-9-10-19(16(2)11-15)22(29)24-12-20-21-14-27(13-18-7-5-4-6-8-18)23(30)17(3)28(21)26-25-20/h4-11,17H,12-14H2,1-3H3,(H,24,29). The number of nitrogens with zero attached hydrogens (tertiary/aromatic N) is 4. The van der Waals surface area contributed by atoms with Gasteiger partial charge in [-0.05, 0) is 38.0 Å². The van der Waals surface area contributed by atoms with Crippen LogP contribution in [0.5, 0.6) is 0 Å². The van der Waals surface area contributed by atoms with E-state index in [1.807, 2.05) is 74.2 Å². The van der Waals surface area contributed by atoms with Crippen LogP contribution in [0.4, 0.5) is 0 Å². The number of aryl methyl sites for hydroxylation is 2. The Labute approximate surface area is 175 Å². The molecule has 1 atom stereocenters. The number of amides is 2. The van der Waals surface area contributed by atoms with Gasteiger partial charge in [-0.3, -0.25) is 9.59 Å². The number of hydrogen-bond donors (Lipinski definition) is 1. The number of nitrogens with one attached hydrogen (secondary N) is 1. The van der Waals surface area contributed by atoms with Crippen molar-refractivity contribution >= 4 is 11.8 Å². The van der Waals surface area contributed by atoms with Gasteiger partial charge in [-0.25, -0.2) is 4.68 Å². The molecule has 3 aromatic rings. The van der Waals surface area contributed by atoms with Crippen LogP contribution < -0.4 is 5.32 Å². The van der Waals surface area contributed by atoms with Crippen LogP contribution in [-0.4, -0.2) is 31.7 Å². The molecule has 1 aromatic heterocycles. The molecule has 0 radical (unpaired) electrons. The van der Waals surface area contributed by atoms with Crippen molar-refractivity contribution in [2.75, 3.05) is 0 Å². The molecule has 1 unspecified atom stereocenters. The van der Waals surface area contributed by atoms with Crippen LogP contribution in [-0.2, 0) is 24.4 Å². The van der Waals surface area contributed by atoms with Crippen LogP contribution in [0.2, 0.25) is 0 Å². The summed E-state index contributed by atoms with van der Waals surface area (Å²) in [5, 5.41) is 11.4. The molecule has 154 valence electrons. The molecule has 0 spiro atoms. The molecule has 2 heterocycles. The minimum Gasteiger partial charge on any atom is -0.346 e. The lowest BCUT2D eigenvalue weighted by atomic mass is 10.1. The van der Waals surface area contributed by atoms with E-state index in [0.717, 1.165) is 22.4 Å². The van der Waals surface area contributed by atoms with Crippen LogP contribution >= 0.6 is 0 Å². The monoisotopic (exact) mass is 403 g/mol. The zero-order valence-corrected chi connectivity index (χ0v) is 17.4. The maximum Gasteiger partial charge on any atom is 0.251 e. The number of hydrogen-bond acceptors (Lipinski definition) is 4. The van der Waals surface area contributed by atoms with Crippen molar-refractivity contribution in [3.8, 4) is 0 Å². The maximum atomic E-state index is 12.8. The number of carbonyl (C=O) groups excluding carboxylic acids is 2. The number of aromatic nitrogens is 3. The largest absolute Gasteiger partial charge is 0.346 e. The average Bonchev–Trinajstić information content (AvgIpc) is 3.13. The Bertz CT molecular complexity index is 1090. The second-order valence-corrected chi connectivity index (χ2v) is 7.78. The summed E-state index contributed by atoms with van der Waals surface area (Å²) in [6, 6.07) is 15.2. The first kappa shape index (κ1) is 19.8. The Morgan fingerprint density at radius 1 is 1.17 bits per heavy atom. The molecule has 30 heavy (non-hydrogen) atoms. The molecule has 0 bridgehead atoms. The fourth-order valence-electron chi connectivity index (χ4n) is 3.85. The van der Waals surface area contributed by atoms with Crippen molar-refractivity contribution in [2.24, 2.45) is 0 Å². The Balaban J connectivity index is 1.50. The van der Waals surface area contributed by atoms with Crippen molar-refractivity contribution < 1.29 is 9.59 Å². The quantitative estimate of drug-likeness (QED) is 0.710. The molecule has 2 amide bonds. The van der Waals surface area contributed by atoms with Crippen LogP contribution in [0.25, 0.3) is 0 Å². The lowest BCUT2D eigenvalue weighted by Crippen LogP contribution is -2.41. The third-order valence-electron chi connectivity index (χ3n) is 5.51. The van der Waals surface area contributed by atoms with E-state index in [9.17, 15) is 9.59 Å². The number of rotatable bonds is 5. The third-order valence-corrected chi connectivity index (χ3v) is 5.51. The van der Waals surface area contributed by atoms with Gasteiger partial charge in [0, 0.05) is 12.1 Å². The average molecular weight is 403 g/mol. The zero-order valence-electron chi connectivity index (χ0n) is 17.4. The number of carbonyl (C=O) groups is 2. The number of benzene rings is 2. The summed E-state index contributed by atoms with van der Waals surface area (Å²) in [4.78, 5) is 27.2. The van der Waals surface area contributed by atoms with Crippen molar-refractivity contribution in [3.05, 3.63) is 82.2 Å². The lowest BCUT2D eigenvalue weighted by molar-refractivity contribution is -0.138. The molecule has 4 rings (SSSR count). The molecule has 2 aromatic carbocycles. The summed E-state index contributed by atoms with van der Waals surface area (Å²) in [5.41, 5.74) is 5.32. The van der Waals surface area contributed by atoms with Gasteiger partial charge in [0.25, 0.3) is 5.91 Å². The predicted octanol–water partition coefficient (Wildman–Crippen LogP) is 2.93. The van der Waals surface area contributed by atoms with Gasteiger partial charge >= 0.3 is 0 Å². The van der Waals surface area contributed by atoms with E-state index < -0.39 is 6.04 Å². The van der Waals surface area contributed by atoms with Gasteiger partial charge in [-0.2, -0.15) is 0 Å². The maximum absolute atomic E-state index is 12.8. The first-order valence-corrected chi connectivity index (χ1v) is 10.0. The van der Waals surface area contributed by atoms with Crippen LogP contribution in [0.15, 0.2) is 48.5 Å². The molecule has 1 N–H and O–H groups in total. The summed E-state index contributed by atoms with van der Waals surface area (Å²) in [7, 11) is 0. The highest BCUT2D eigenvalue weighted by Crippen LogP contribution is 2.24. The molecule has 1 aliphatic heterocycles. The van der Waals surface area contributed by atoms with E-state index in [0.29, 0.717) is 24.3 Å². The second-order valence-electron chi connectivity index (χ2n) is 7.78. The molecule has 1 aliphatic rings. The Kier molecular flexibility index (Phi) is 5.35. The molecule has 0 saturated heterocycles. The highest BCUT2D eigenvalue weighted by molar-refractivity contribution is 5.95. The van der Waals surface area contributed by atoms with Gasteiger partial charge in [0.15, 0.2) is 0 Å². The van der Waals surface area contributed by atoms with Crippen LogP contribution in [0.3, 0.4) is 0 Å². The summed E-state index contributed by atoms with van der Waals surface area (Å²) in [6.45, 7) is 6.97. The van der Waals surface area contributed by atoms with Crippen molar-refractivity contribution in [1.82, 2.24) is 25.2 Å². The highest BCUT2D eigenvalue weighted by Gasteiger charge is 2.33. The summed E-state index contributed by atoms with van der Waals surface area (Å²) in [6.07, 6.45) is 0. The van der Waals surface area contributed by atoms with Gasteiger partial charge in [-0.15, -0.1) is 5.10 Å². The van der Waals surface area contributed by atoms with Crippen LogP contribution in [0.1, 0.15) is 51.4 Å². The minimum absolute atomic E-state index is 0.0159. The fraction of sp³-hybridized carbons (Fsp3) is 0.304. The molecule has 0 aliphatic carbocycles.